The smallest absolute Gasteiger partial charge is 0.449 e. The number of pyridine rings is 1. The number of halogens is 1. The van der Waals surface area contributed by atoms with Crippen LogP contribution in [-0.2, 0) is 17.7 Å². The van der Waals surface area contributed by atoms with Crippen LogP contribution in [0.1, 0.15) is 17.5 Å². The number of thioether (sulfide) groups is 1. The largest absolute Gasteiger partial charge is 0.511 e. The van der Waals surface area contributed by atoms with Gasteiger partial charge in [0.25, 0.3) is 0 Å². The summed E-state index contributed by atoms with van der Waals surface area (Å²) in [4.78, 5) is 17.3. The number of hydrogen-bond acceptors (Lipinski definition) is 5. The highest BCUT2D eigenvalue weighted by Crippen LogP contribution is 2.31. The molecule has 0 unspecified atom stereocenters. The van der Waals surface area contributed by atoms with E-state index in [1.807, 2.05) is 18.2 Å². The summed E-state index contributed by atoms with van der Waals surface area (Å²) >= 11 is 1.57. The van der Waals surface area contributed by atoms with E-state index in [4.69, 9.17) is 9.84 Å². The Morgan fingerprint density at radius 3 is 2.79 bits per heavy atom. The molecule has 2 heterocycles. The number of nitrogens with zero attached hydrogens (tertiary/aromatic N) is 2. The molecule has 0 atom stereocenters. The van der Waals surface area contributed by atoms with Crippen molar-refractivity contribution in [3.05, 3.63) is 88.7 Å². The van der Waals surface area contributed by atoms with Gasteiger partial charge in [-0.25, -0.2) is 9.18 Å². The van der Waals surface area contributed by atoms with Crippen LogP contribution in [0.2, 0.25) is 0 Å². The highest BCUT2D eigenvalue weighted by Gasteiger charge is 2.20. The molecule has 3 rings (SSSR count). The Hall–Kier alpha value is -2.80. The zero-order chi connectivity index (χ0) is 19.8. The Morgan fingerprint density at radius 2 is 2.07 bits per heavy atom. The van der Waals surface area contributed by atoms with Gasteiger partial charge >= 0.3 is 6.16 Å². The molecule has 0 radical (unpaired) electrons. The van der Waals surface area contributed by atoms with Gasteiger partial charge in [-0.3, -0.25) is 4.98 Å². The van der Waals surface area contributed by atoms with E-state index in [1.165, 1.54) is 12.1 Å². The molecule has 1 aliphatic rings. The van der Waals surface area contributed by atoms with Gasteiger partial charge in [-0.15, -0.1) is 11.8 Å². The monoisotopic (exact) mass is 400 g/mol. The van der Waals surface area contributed by atoms with E-state index in [9.17, 15) is 9.18 Å². The van der Waals surface area contributed by atoms with Crippen LogP contribution in [0.3, 0.4) is 0 Å². The van der Waals surface area contributed by atoms with E-state index in [2.05, 4.69) is 9.88 Å². The van der Waals surface area contributed by atoms with Gasteiger partial charge < -0.3 is 14.7 Å². The number of carbonyl (C=O) groups is 1. The van der Waals surface area contributed by atoms with Gasteiger partial charge in [0.05, 0.1) is 0 Å². The SMILES string of the molecule is O=C(O)OC1=C(SCCCc2ccc(F)cc2)N(Cc2cccnc2)CC=C1. The first-order valence-electron chi connectivity index (χ1n) is 8.94. The lowest BCUT2D eigenvalue weighted by molar-refractivity contribution is 0.119. The van der Waals surface area contributed by atoms with Crippen LogP contribution in [0.5, 0.6) is 0 Å². The molecule has 0 saturated carbocycles. The van der Waals surface area contributed by atoms with Crippen LogP contribution >= 0.6 is 11.8 Å². The molecular formula is C21H21FN2O3S. The number of aromatic nitrogens is 1. The number of ether oxygens (including phenoxy) is 1. The van der Waals surface area contributed by atoms with E-state index in [0.29, 0.717) is 18.8 Å². The van der Waals surface area contributed by atoms with Crippen LogP contribution in [0.25, 0.3) is 0 Å². The highest BCUT2D eigenvalue weighted by atomic mass is 32.2. The van der Waals surface area contributed by atoms with Crippen molar-refractivity contribution >= 4 is 17.9 Å². The lowest BCUT2D eigenvalue weighted by Gasteiger charge is -2.29. The summed E-state index contributed by atoms with van der Waals surface area (Å²) in [5, 5.41) is 9.84. The molecule has 7 heteroatoms. The Balaban J connectivity index is 1.65. The number of hydrogen-bond donors (Lipinski definition) is 1. The van der Waals surface area contributed by atoms with Gasteiger partial charge in [0.15, 0.2) is 5.76 Å². The molecule has 5 nitrogen and oxygen atoms in total. The maximum absolute atomic E-state index is 13.0. The molecular weight excluding hydrogens is 379 g/mol. The Morgan fingerprint density at radius 1 is 1.25 bits per heavy atom. The second-order valence-corrected chi connectivity index (χ2v) is 7.34. The minimum Gasteiger partial charge on any atom is -0.449 e. The summed E-state index contributed by atoms with van der Waals surface area (Å²) in [6.07, 6.45) is 7.49. The summed E-state index contributed by atoms with van der Waals surface area (Å²) in [6.45, 7) is 1.28. The summed E-state index contributed by atoms with van der Waals surface area (Å²) in [5.41, 5.74) is 2.12. The fraction of sp³-hybridized carbons (Fsp3) is 0.238. The van der Waals surface area contributed by atoms with E-state index >= 15 is 0 Å². The molecule has 0 spiro atoms. The zero-order valence-corrected chi connectivity index (χ0v) is 16.1. The molecule has 0 fully saturated rings. The average Bonchev–Trinajstić information content (AvgIpc) is 2.68. The Kier molecular flexibility index (Phi) is 7.08. The van der Waals surface area contributed by atoms with Crippen LogP contribution in [-0.4, -0.2) is 33.4 Å². The Bertz CT molecular complexity index is 854. The first kappa shape index (κ1) is 19.9. The molecule has 0 aliphatic carbocycles. The van der Waals surface area contributed by atoms with E-state index in [-0.39, 0.29) is 5.82 Å². The van der Waals surface area contributed by atoms with Gasteiger partial charge in [0, 0.05) is 25.5 Å². The topological polar surface area (TPSA) is 62.7 Å². The summed E-state index contributed by atoms with van der Waals surface area (Å²) < 4.78 is 18.0. The fourth-order valence-electron chi connectivity index (χ4n) is 2.88. The second kappa shape index (κ2) is 9.94. The number of aryl methyl sites for hydroxylation is 1. The molecule has 0 bridgehead atoms. The molecule has 1 aliphatic heterocycles. The summed E-state index contributed by atoms with van der Waals surface area (Å²) in [6, 6.07) is 10.4. The number of allylic oxidation sites excluding steroid dienone is 1. The van der Waals surface area contributed by atoms with Crippen LogP contribution < -0.4 is 0 Å². The predicted molar refractivity (Wildman–Crippen MR) is 107 cm³/mol. The van der Waals surface area contributed by atoms with Crippen molar-refractivity contribution < 1.29 is 19.0 Å². The first-order chi connectivity index (χ1) is 13.6. The van der Waals surface area contributed by atoms with Crippen LogP contribution in [0, 0.1) is 5.82 Å². The van der Waals surface area contributed by atoms with E-state index < -0.39 is 6.16 Å². The molecule has 28 heavy (non-hydrogen) atoms. The van der Waals surface area contributed by atoms with E-state index in [1.54, 1.807) is 42.4 Å². The van der Waals surface area contributed by atoms with Crippen molar-refractivity contribution in [2.75, 3.05) is 12.3 Å². The highest BCUT2D eigenvalue weighted by molar-refractivity contribution is 8.03. The number of carboxylic acid groups (broad SMARTS) is 1. The molecule has 1 aromatic heterocycles. The fourth-order valence-corrected chi connectivity index (χ4v) is 3.93. The van der Waals surface area contributed by atoms with Crippen LogP contribution in [0.4, 0.5) is 9.18 Å². The summed E-state index contributed by atoms with van der Waals surface area (Å²) in [7, 11) is 0. The third-order valence-electron chi connectivity index (χ3n) is 4.15. The predicted octanol–water partition coefficient (Wildman–Crippen LogP) is 4.82. The maximum atomic E-state index is 13.0. The lowest BCUT2D eigenvalue weighted by Crippen LogP contribution is -2.26. The first-order valence-corrected chi connectivity index (χ1v) is 9.93. The van der Waals surface area contributed by atoms with Gasteiger partial charge in [0.2, 0.25) is 0 Å². The third kappa shape index (κ3) is 5.85. The van der Waals surface area contributed by atoms with Crippen molar-refractivity contribution in [2.45, 2.75) is 19.4 Å². The quantitative estimate of drug-likeness (QED) is 0.506. The minimum atomic E-state index is -1.33. The average molecular weight is 400 g/mol. The zero-order valence-electron chi connectivity index (χ0n) is 15.3. The van der Waals surface area contributed by atoms with Crippen molar-refractivity contribution in [3.8, 4) is 0 Å². The molecule has 0 amide bonds. The molecule has 146 valence electrons. The Labute approximate surface area is 167 Å². The van der Waals surface area contributed by atoms with Gasteiger partial charge in [-0.2, -0.15) is 0 Å². The minimum absolute atomic E-state index is 0.237. The standard InChI is InChI=1S/C21H21FN2O3S/c22-18-9-7-16(8-10-18)5-3-13-28-20-19(27-21(25)26)6-2-12-24(20)15-17-4-1-11-23-14-17/h1-2,4,6-11,14H,3,5,12-13,15H2,(H,25,26). The third-order valence-corrected chi connectivity index (χ3v) is 5.37. The van der Waals surface area contributed by atoms with Gasteiger partial charge in [0.1, 0.15) is 10.8 Å². The normalized spacial score (nSPS) is 13.7. The van der Waals surface area contributed by atoms with Crippen molar-refractivity contribution in [2.24, 2.45) is 0 Å². The molecule has 2 aromatic rings. The van der Waals surface area contributed by atoms with Gasteiger partial charge in [-0.05, 0) is 54.0 Å². The molecule has 1 aromatic carbocycles. The number of rotatable bonds is 8. The van der Waals surface area contributed by atoms with Crippen molar-refractivity contribution in [1.82, 2.24) is 9.88 Å². The van der Waals surface area contributed by atoms with Crippen molar-refractivity contribution in [3.63, 3.8) is 0 Å². The van der Waals surface area contributed by atoms with Gasteiger partial charge in [-0.1, -0.05) is 24.3 Å². The number of benzene rings is 1. The molecule has 0 saturated heterocycles. The lowest BCUT2D eigenvalue weighted by atomic mass is 10.1. The van der Waals surface area contributed by atoms with Crippen LogP contribution in [0.15, 0.2) is 71.7 Å². The van der Waals surface area contributed by atoms with E-state index in [0.717, 1.165) is 34.8 Å². The summed E-state index contributed by atoms with van der Waals surface area (Å²) in [5.74, 6) is 0.893. The molecule has 1 N–H and O–H groups in total. The maximum Gasteiger partial charge on any atom is 0.511 e. The van der Waals surface area contributed by atoms with Crippen molar-refractivity contribution in [1.29, 1.82) is 0 Å². The second-order valence-electron chi connectivity index (χ2n) is 6.26.